The van der Waals surface area contributed by atoms with Gasteiger partial charge in [-0.1, -0.05) is 15.9 Å². The Balaban J connectivity index is 2.07. The number of fused-ring (bicyclic) bond motifs is 3. The number of hydrogen-bond donors (Lipinski definition) is 1. The summed E-state index contributed by atoms with van der Waals surface area (Å²) in [4.78, 5) is 3.20. The molecule has 0 radical (unpaired) electrons. The van der Waals surface area contributed by atoms with Gasteiger partial charge in [0, 0.05) is 27.0 Å². The Labute approximate surface area is 117 Å². The quantitative estimate of drug-likeness (QED) is 0.729. The Bertz CT molecular complexity index is 615. The smallest absolute Gasteiger partial charge is 0.358 e. The van der Waals surface area contributed by atoms with Gasteiger partial charge in [-0.05, 0) is 43.0 Å². The van der Waals surface area contributed by atoms with E-state index < -0.39 is 18.5 Å². The summed E-state index contributed by atoms with van der Waals surface area (Å²) in [6.07, 6.45) is -2.53. The van der Waals surface area contributed by atoms with Crippen LogP contribution < -0.4 is 0 Å². The Hall–Kier alpha value is -0.970. The van der Waals surface area contributed by atoms with Gasteiger partial charge in [-0.3, -0.25) is 0 Å². The molecular weight excluding hydrogens is 319 g/mol. The predicted octanol–water partition coefficient (Wildman–Crippen LogP) is 5.30. The van der Waals surface area contributed by atoms with Crippen LogP contribution in [0, 0.1) is 0 Å². The van der Waals surface area contributed by atoms with Gasteiger partial charge >= 0.3 is 6.18 Å². The molecule has 1 nitrogen and oxygen atoms in total. The number of H-pyrrole nitrogens is 1. The SMILES string of the molecule is FC(F)(F)CC1CCCc2c1[nH]c1ccc(Br)cc21. The number of rotatable bonds is 1. The van der Waals surface area contributed by atoms with Gasteiger partial charge in [-0.25, -0.2) is 0 Å². The lowest BCUT2D eigenvalue weighted by atomic mass is 9.85. The molecule has 3 rings (SSSR count). The van der Waals surface area contributed by atoms with Crippen molar-refractivity contribution in [1.82, 2.24) is 4.98 Å². The summed E-state index contributed by atoms with van der Waals surface area (Å²) in [7, 11) is 0. The summed E-state index contributed by atoms with van der Waals surface area (Å²) < 4.78 is 38.9. The number of benzene rings is 1. The second-order valence-corrected chi connectivity index (χ2v) is 6.03. The number of nitrogens with one attached hydrogen (secondary N) is 1. The lowest BCUT2D eigenvalue weighted by Crippen LogP contribution is -2.18. The zero-order chi connectivity index (χ0) is 13.6. The van der Waals surface area contributed by atoms with Gasteiger partial charge in [-0.2, -0.15) is 13.2 Å². The molecule has 1 heterocycles. The van der Waals surface area contributed by atoms with Gasteiger partial charge in [0.2, 0.25) is 0 Å². The van der Waals surface area contributed by atoms with Crippen LogP contribution in [0.5, 0.6) is 0 Å². The van der Waals surface area contributed by atoms with Crippen molar-refractivity contribution in [3.63, 3.8) is 0 Å². The summed E-state index contributed by atoms with van der Waals surface area (Å²) in [5.41, 5.74) is 2.79. The van der Waals surface area contributed by atoms with Gasteiger partial charge in [0.05, 0.1) is 6.42 Å². The van der Waals surface area contributed by atoms with Gasteiger partial charge in [0.25, 0.3) is 0 Å². The van der Waals surface area contributed by atoms with Crippen LogP contribution in [-0.2, 0) is 6.42 Å². The third-order valence-corrected chi connectivity index (χ3v) is 4.26. The van der Waals surface area contributed by atoms with E-state index in [0.29, 0.717) is 6.42 Å². The molecule has 1 aromatic heterocycles. The number of aryl methyl sites for hydroxylation is 1. The molecule has 19 heavy (non-hydrogen) atoms. The van der Waals surface area contributed by atoms with E-state index in [1.807, 2.05) is 18.2 Å². The first-order valence-corrected chi connectivity index (χ1v) is 7.10. The summed E-state index contributed by atoms with van der Waals surface area (Å²) in [6, 6.07) is 5.81. The van der Waals surface area contributed by atoms with E-state index in [-0.39, 0.29) is 0 Å². The number of aromatic nitrogens is 1. The molecule has 0 bridgehead atoms. The lowest BCUT2D eigenvalue weighted by molar-refractivity contribution is -0.139. The highest BCUT2D eigenvalue weighted by Gasteiger charge is 2.35. The molecule has 0 aliphatic heterocycles. The number of alkyl halides is 3. The number of halogens is 4. The second kappa shape index (κ2) is 4.54. The second-order valence-electron chi connectivity index (χ2n) is 5.12. The first-order chi connectivity index (χ1) is 8.94. The van der Waals surface area contributed by atoms with E-state index in [9.17, 15) is 13.2 Å². The van der Waals surface area contributed by atoms with Gasteiger partial charge < -0.3 is 4.98 Å². The maximum Gasteiger partial charge on any atom is 0.389 e. The molecule has 1 aliphatic carbocycles. The van der Waals surface area contributed by atoms with Crippen LogP contribution in [0.15, 0.2) is 22.7 Å². The molecule has 1 N–H and O–H groups in total. The molecule has 0 saturated carbocycles. The molecule has 1 aromatic carbocycles. The Morgan fingerprint density at radius 3 is 2.84 bits per heavy atom. The van der Waals surface area contributed by atoms with Crippen molar-refractivity contribution >= 4 is 26.8 Å². The minimum atomic E-state index is -4.10. The standard InChI is InChI=1S/C14H13BrF3N/c15-9-4-5-12-11(6-9)10-3-1-2-8(13(10)19-12)7-14(16,17)18/h4-6,8,19H,1-3,7H2. The number of aromatic amines is 1. The molecule has 5 heteroatoms. The van der Waals surface area contributed by atoms with Gasteiger partial charge in [0.1, 0.15) is 0 Å². The van der Waals surface area contributed by atoms with Crippen molar-refractivity contribution in [2.75, 3.05) is 0 Å². The average Bonchev–Trinajstić information content (AvgIpc) is 2.67. The molecule has 0 saturated heterocycles. The van der Waals surface area contributed by atoms with Crippen LogP contribution in [0.3, 0.4) is 0 Å². The van der Waals surface area contributed by atoms with Crippen LogP contribution in [0.4, 0.5) is 13.2 Å². The fourth-order valence-electron chi connectivity index (χ4n) is 3.01. The average molecular weight is 332 g/mol. The molecule has 2 aromatic rings. The van der Waals surface area contributed by atoms with Crippen molar-refractivity contribution in [3.8, 4) is 0 Å². The zero-order valence-corrected chi connectivity index (χ0v) is 11.7. The molecular formula is C14H13BrF3N. The van der Waals surface area contributed by atoms with Crippen LogP contribution >= 0.6 is 15.9 Å². The molecule has 1 atom stereocenters. The summed E-state index contributed by atoms with van der Waals surface area (Å²) in [5.74, 6) is -0.421. The van der Waals surface area contributed by atoms with Crippen LogP contribution in [0.2, 0.25) is 0 Å². The van der Waals surface area contributed by atoms with Crippen molar-refractivity contribution < 1.29 is 13.2 Å². The topological polar surface area (TPSA) is 15.8 Å². The van der Waals surface area contributed by atoms with E-state index >= 15 is 0 Å². The summed E-state index contributed by atoms with van der Waals surface area (Å²) in [5, 5.41) is 1.05. The third-order valence-electron chi connectivity index (χ3n) is 3.77. The van der Waals surface area contributed by atoms with Crippen molar-refractivity contribution in [3.05, 3.63) is 33.9 Å². The Morgan fingerprint density at radius 2 is 2.11 bits per heavy atom. The molecule has 1 aliphatic rings. The zero-order valence-electron chi connectivity index (χ0n) is 10.1. The monoisotopic (exact) mass is 331 g/mol. The minimum absolute atomic E-state index is 0.421. The van der Waals surface area contributed by atoms with E-state index in [1.54, 1.807) is 0 Å². The predicted molar refractivity (Wildman–Crippen MR) is 72.3 cm³/mol. The van der Waals surface area contributed by atoms with Crippen LogP contribution in [-0.4, -0.2) is 11.2 Å². The summed E-state index contributed by atoms with van der Waals surface area (Å²) in [6.45, 7) is 0. The van der Waals surface area contributed by atoms with Crippen LogP contribution in [0.1, 0.15) is 36.4 Å². The van der Waals surface area contributed by atoms with E-state index in [2.05, 4.69) is 20.9 Å². The minimum Gasteiger partial charge on any atom is -0.358 e. The highest BCUT2D eigenvalue weighted by molar-refractivity contribution is 9.10. The van der Waals surface area contributed by atoms with Gasteiger partial charge in [-0.15, -0.1) is 0 Å². The summed E-state index contributed by atoms with van der Waals surface area (Å²) >= 11 is 3.42. The third kappa shape index (κ3) is 2.53. The van der Waals surface area contributed by atoms with Crippen molar-refractivity contribution in [1.29, 1.82) is 0 Å². The van der Waals surface area contributed by atoms with E-state index in [4.69, 9.17) is 0 Å². The Morgan fingerprint density at radius 1 is 1.32 bits per heavy atom. The lowest BCUT2D eigenvalue weighted by Gasteiger charge is -2.23. The maximum absolute atomic E-state index is 12.6. The Kier molecular flexibility index (Phi) is 3.12. The van der Waals surface area contributed by atoms with Gasteiger partial charge in [0.15, 0.2) is 0 Å². The normalized spacial score (nSPS) is 19.7. The van der Waals surface area contributed by atoms with E-state index in [0.717, 1.165) is 39.5 Å². The van der Waals surface area contributed by atoms with E-state index in [1.165, 1.54) is 0 Å². The molecule has 0 spiro atoms. The van der Waals surface area contributed by atoms with Crippen LogP contribution in [0.25, 0.3) is 10.9 Å². The fraction of sp³-hybridized carbons (Fsp3) is 0.429. The molecule has 0 amide bonds. The maximum atomic E-state index is 12.6. The van der Waals surface area contributed by atoms with Crippen molar-refractivity contribution in [2.45, 2.75) is 37.8 Å². The largest absolute Gasteiger partial charge is 0.389 e. The molecule has 0 fully saturated rings. The first-order valence-electron chi connectivity index (χ1n) is 6.31. The fourth-order valence-corrected chi connectivity index (χ4v) is 3.37. The molecule has 102 valence electrons. The first kappa shape index (κ1) is 13.0. The number of hydrogen-bond acceptors (Lipinski definition) is 0. The highest BCUT2D eigenvalue weighted by atomic mass is 79.9. The molecule has 1 unspecified atom stereocenters. The highest BCUT2D eigenvalue weighted by Crippen LogP contribution is 2.41. The van der Waals surface area contributed by atoms with Crippen molar-refractivity contribution in [2.24, 2.45) is 0 Å².